The number of guanidine groups is 1. The Morgan fingerprint density at radius 2 is 2.11 bits per heavy atom. The van der Waals surface area contributed by atoms with Crippen LogP contribution in [0.2, 0.25) is 0 Å². The lowest BCUT2D eigenvalue weighted by Gasteiger charge is -2.16. The number of aryl methyl sites for hydroxylation is 1. The quantitative estimate of drug-likeness (QED) is 0.644. The van der Waals surface area contributed by atoms with Crippen molar-refractivity contribution in [1.29, 1.82) is 0 Å². The smallest absolute Gasteiger partial charge is 0.191 e. The summed E-state index contributed by atoms with van der Waals surface area (Å²) in [5.74, 6) is 0.944. The molecule has 1 aromatic carbocycles. The molecule has 0 amide bonds. The van der Waals surface area contributed by atoms with Crippen LogP contribution in [0.1, 0.15) is 36.8 Å². The van der Waals surface area contributed by atoms with Crippen LogP contribution < -0.4 is 10.6 Å². The van der Waals surface area contributed by atoms with E-state index in [1.165, 1.54) is 36.8 Å². The van der Waals surface area contributed by atoms with Crippen molar-refractivity contribution in [3.8, 4) is 0 Å². The Hall–Kier alpha value is -1.51. The summed E-state index contributed by atoms with van der Waals surface area (Å²) in [6.07, 6.45) is 6.28. The van der Waals surface area contributed by atoms with Gasteiger partial charge in [0, 0.05) is 19.6 Å². The molecule has 1 aliphatic carbocycles. The second-order valence-electron chi connectivity index (χ2n) is 5.36. The minimum Gasteiger partial charge on any atom is -0.356 e. The van der Waals surface area contributed by atoms with Gasteiger partial charge in [-0.15, -0.1) is 0 Å². The molecule has 1 aromatic rings. The number of benzene rings is 1. The van der Waals surface area contributed by atoms with Crippen molar-refractivity contribution in [2.24, 2.45) is 4.99 Å². The fourth-order valence-electron chi connectivity index (χ4n) is 2.65. The Balaban J connectivity index is 1.74. The van der Waals surface area contributed by atoms with E-state index in [2.05, 4.69) is 46.8 Å². The standard InChI is InChI=1S/C16H25N3/c1-13-6-5-7-14(12-13)10-11-18-16(17-2)19-15-8-3-4-9-15/h5-7,12,15H,3-4,8-11H2,1-2H3,(H2,17,18,19). The zero-order valence-electron chi connectivity index (χ0n) is 12.1. The van der Waals surface area contributed by atoms with Crippen molar-refractivity contribution in [3.05, 3.63) is 35.4 Å². The van der Waals surface area contributed by atoms with E-state index in [1.807, 2.05) is 7.05 Å². The SMILES string of the molecule is CN=C(NCCc1cccc(C)c1)NC1CCCC1. The zero-order valence-corrected chi connectivity index (χ0v) is 12.1. The maximum Gasteiger partial charge on any atom is 0.191 e. The first kappa shape index (κ1) is 13.9. The molecule has 0 aromatic heterocycles. The van der Waals surface area contributed by atoms with Crippen LogP contribution in [-0.2, 0) is 6.42 Å². The normalized spacial score (nSPS) is 16.6. The fraction of sp³-hybridized carbons (Fsp3) is 0.562. The molecule has 0 heterocycles. The largest absolute Gasteiger partial charge is 0.356 e. The van der Waals surface area contributed by atoms with Gasteiger partial charge in [0.25, 0.3) is 0 Å². The van der Waals surface area contributed by atoms with Gasteiger partial charge in [0.15, 0.2) is 5.96 Å². The van der Waals surface area contributed by atoms with Crippen LogP contribution in [0.5, 0.6) is 0 Å². The van der Waals surface area contributed by atoms with E-state index in [9.17, 15) is 0 Å². The number of nitrogens with zero attached hydrogens (tertiary/aromatic N) is 1. The molecule has 0 atom stereocenters. The minimum atomic E-state index is 0.616. The first-order valence-electron chi connectivity index (χ1n) is 7.30. The third-order valence-corrected chi connectivity index (χ3v) is 3.71. The van der Waals surface area contributed by atoms with Crippen molar-refractivity contribution in [2.45, 2.75) is 45.1 Å². The first-order valence-corrected chi connectivity index (χ1v) is 7.30. The molecule has 0 saturated heterocycles. The zero-order chi connectivity index (χ0) is 13.5. The number of aliphatic imine (C=N–C) groups is 1. The van der Waals surface area contributed by atoms with E-state index < -0.39 is 0 Å². The Labute approximate surface area is 116 Å². The molecule has 1 aliphatic rings. The van der Waals surface area contributed by atoms with Gasteiger partial charge in [-0.25, -0.2) is 0 Å². The highest BCUT2D eigenvalue weighted by atomic mass is 15.2. The van der Waals surface area contributed by atoms with Gasteiger partial charge in [-0.3, -0.25) is 4.99 Å². The summed E-state index contributed by atoms with van der Waals surface area (Å²) >= 11 is 0. The van der Waals surface area contributed by atoms with Gasteiger partial charge in [0.1, 0.15) is 0 Å². The van der Waals surface area contributed by atoms with E-state index in [1.54, 1.807) is 0 Å². The molecule has 2 N–H and O–H groups in total. The monoisotopic (exact) mass is 259 g/mol. The van der Waals surface area contributed by atoms with Gasteiger partial charge in [0.2, 0.25) is 0 Å². The lowest BCUT2D eigenvalue weighted by atomic mass is 10.1. The van der Waals surface area contributed by atoms with Crippen molar-refractivity contribution >= 4 is 5.96 Å². The number of rotatable bonds is 4. The highest BCUT2D eigenvalue weighted by Gasteiger charge is 2.15. The van der Waals surface area contributed by atoms with Gasteiger partial charge in [0.05, 0.1) is 0 Å². The average Bonchev–Trinajstić information content (AvgIpc) is 2.90. The van der Waals surface area contributed by atoms with Gasteiger partial charge in [-0.1, -0.05) is 42.7 Å². The number of nitrogens with one attached hydrogen (secondary N) is 2. The summed E-state index contributed by atoms with van der Waals surface area (Å²) in [6.45, 7) is 3.06. The molecule has 2 rings (SSSR count). The Morgan fingerprint density at radius 3 is 2.79 bits per heavy atom. The van der Waals surface area contributed by atoms with E-state index in [0.29, 0.717) is 6.04 Å². The average molecular weight is 259 g/mol. The van der Waals surface area contributed by atoms with Crippen LogP contribution in [-0.4, -0.2) is 25.6 Å². The van der Waals surface area contributed by atoms with Crippen LogP contribution in [0.4, 0.5) is 0 Å². The Morgan fingerprint density at radius 1 is 1.32 bits per heavy atom. The second-order valence-corrected chi connectivity index (χ2v) is 5.36. The topological polar surface area (TPSA) is 36.4 Å². The third kappa shape index (κ3) is 4.58. The molecule has 0 spiro atoms. The van der Waals surface area contributed by atoms with Crippen LogP contribution in [0, 0.1) is 6.92 Å². The molecular weight excluding hydrogens is 234 g/mol. The summed E-state index contributed by atoms with van der Waals surface area (Å²) in [6, 6.07) is 9.30. The molecule has 0 unspecified atom stereocenters. The molecule has 1 saturated carbocycles. The fourth-order valence-corrected chi connectivity index (χ4v) is 2.65. The summed E-state index contributed by atoms with van der Waals surface area (Å²) < 4.78 is 0. The van der Waals surface area contributed by atoms with Crippen LogP contribution >= 0.6 is 0 Å². The number of hydrogen-bond acceptors (Lipinski definition) is 1. The number of hydrogen-bond donors (Lipinski definition) is 2. The predicted molar refractivity (Wildman–Crippen MR) is 81.6 cm³/mol. The van der Waals surface area contributed by atoms with Gasteiger partial charge in [-0.2, -0.15) is 0 Å². The van der Waals surface area contributed by atoms with Crippen LogP contribution in [0.25, 0.3) is 0 Å². The molecule has 19 heavy (non-hydrogen) atoms. The molecule has 0 bridgehead atoms. The molecule has 1 fully saturated rings. The highest BCUT2D eigenvalue weighted by molar-refractivity contribution is 5.79. The summed E-state index contributed by atoms with van der Waals surface area (Å²) in [4.78, 5) is 4.29. The second kappa shape index (κ2) is 7.17. The highest BCUT2D eigenvalue weighted by Crippen LogP contribution is 2.17. The van der Waals surface area contributed by atoms with E-state index in [0.717, 1.165) is 18.9 Å². The maximum atomic E-state index is 4.29. The van der Waals surface area contributed by atoms with E-state index in [-0.39, 0.29) is 0 Å². The van der Waals surface area contributed by atoms with Gasteiger partial charge in [-0.05, 0) is 31.7 Å². The summed E-state index contributed by atoms with van der Waals surface area (Å²) in [7, 11) is 1.84. The van der Waals surface area contributed by atoms with Crippen LogP contribution in [0.15, 0.2) is 29.3 Å². The summed E-state index contributed by atoms with van der Waals surface area (Å²) in [5, 5.41) is 6.91. The van der Waals surface area contributed by atoms with Crippen molar-refractivity contribution in [2.75, 3.05) is 13.6 Å². The van der Waals surface area contributed by atoms with Crippen LogP contribution in [0.3, 0.4) is 0 Å². The van der Waals surface area contributed by atoms with Gasteiger partial charge < -0.3 is 10.6 Å². The van der Waals surface area contributed by atoms with Gasteiger partial charge >= 0.3 is 0 Å². The third-order valence-electron chi connectivity index (χ3n) is 3.71. The first-order chi connectivity index (χ1) is 9.28. The molecule has 3 heteroatoms. The van der Waals surface area contributed by atoms with Crippen molar-refractivity contribution in [3.63, 3.8) is 0 Å². The summed E-state index contributed by atoms with van der Waals surface area (Å²) in [5.41, 5.74) is 2.70. The molecular formula is C16H25N3. The lowest BCUT2D eigenvalue weighted by molar-refractivity contribution is 0.613. The molecule has 0 radical (unpaired) electrons. The maximum absolute atomic E-state index is 4.29. The van der Waals surface area contributed by atoms with Crippen molar-refractivity contribution in [1.82, 2.24) is 10.6 Å². The van der Waals surface area contributed by atoms with E-state index >= 15 is 0 Å². The Kier molecular flexibility index (Phi) is 5.25. The lowest BCUT2D eigenvalue weighted by Crippen LogP contribution is -2.42. The van der Waals surface area contributed by atoms with E-state index in [4.69, 9.17) is 0 Å². The molecule has 0 aliphatic heterocycles. The van der Waals surface area contributed by atoms with Crippen molar-refractivity contribution < 1.29 is 0 Å². The Bertz CT molecular complexity index is 420. The predicted octanol–water partition coefficient (Wildman–Crippen LogP) is 2.65. The molecule has 104 valence electrons. The minimum absolute atomic E-state index is 0.616. The molecule has 3 nitrogen and oxygen atoms in total.